The fraction of sp³-hybridized carbons (Fsp3) is 0.143. The second-order valence-corrected chi connectivity index (χ2v) is 6.49. The van der Waals surface area contributed by atoms with Crippen molar-refractivity contribution in [1.29, 1.82) is 0 Å². The zero-order chi connectivity index (χ0) is 18.8. The van der Waals surface area contributed by atoms with Gasteiger partial charge in [0.2, 0.25) is 0 Å². The standard InChI is InChI=1S/C21H19N3O3/c25-20(14-23-11-3-4-12-23)24-18-6-2-1-5-15(18)7-8-16-9-10-17(13-19(16)24)22-21(26)27/h1-6,9-13,22H,7-8,14H2,(H,26,27). The van der Waals surface area contributed by atoms with E-state index in [1.165, 1.54) is 0 Å². The molecule has 0 bridgehead atoms. The molecule has 2 N–H and O–H groups in total. The van der Waals surface area contributed by atoms with Crippen LogP contribution in [0.2, 0.25) is 0 Å². The number of hydrogen-bond donors (Lipinski definition) is 2. The number of aromatic nitrogens is 1. The topological polar surface area (TPSA) is 74.6 Å². The van der Waals surface area contributed by atoms with E-state index in [2.05, 4.69) is 5.32 Å². The maximum atomic E-state index is 13.2. The molecule has 2 heterocycles. The molecule has 4 rings (SSSR count). The molecular weight excluding hydrogens is 342 g/mol. The van der Waals surface area contributed by atoms with Gasteiger partial charge in [0.05, 0.1) is 11.4 Å². The maximum absolute atomic E-state index is 13.2. The number of aryl methyl sites for hydroxylation is 2. The van der Waals surface area contributed by atoms with Gasteiger partial charge in [-0.05, 0) is 54.3 Å². The first-order chi connectivity index (χ1) is 13.1. The molecule has 2 amide bonds. The average molecular weight is 361 g/mol. The van der Waals surface area contributed by atoms with Crippen LogP contribution in [0.3, 0.4) is 0 Å². The van der Waals surface area contributed by atoms with Crippen molar-refractivity contribution in [3.63, 3.8) is 0 Å². The predicted molar refractivity (Wildman–Crippen MR) is 104 cm³/mol. The molecule has 3 aromatic rings. The van der Waals surface area contributed by atoms with E-state index < -0.39 is 6.09 Å². The van der Waals surface area contributed by atoms with Gasteiger partial charge in [-0.3, -0.25) is 15.0 Å². The van der Waals surface area contributed by atoms with Gasteiger partial charge in [-0.1, -0.05) is 24.3 Å². The lowest BCUT2D eigenvalue weighted by molar-refractivity contribution is -0.118. The lowest BCUT2D eigenvalue weighted by atomic mass is 10.0. The molecule has 0 saturated heterocycles. The lowest BCUT2D eigenvalue weighted by Gasteiger charge is -2.26. The van der Waals surface area contributed by atoms with Crippen molar-refractivity contribution in [2.75, 3.05) is 10.2 Å². The number of fused-ring (bicyclic) bond motifs is 2. The monoisotopic (exact) mass is 361 g/mol. The van der Waals surface area contributed by atoms with E-state index in [-0.39, 0.29) is 12.5 Å². The fourth-order valence-electron chi connectivity index (χ4n) is 3.50. The molecule has 1 aliphatic heterocycles. The van der Waals surface area contributed by atoms with Crippen LogP contribution in [0.15, 0.2) is 67.0 Å². The van der Waals surface area contributed by atoms with Gasteiger partial charge in [0, 0.05) is 18.1 Å². The van der Waals surface area contributed by atoms with Crippen LogP contribution in [-0.4, -0.2) is 21.7 Å². The molecule has 0 atom stereocenters. The molecule has 27 heavy (non-hydrogen) atoms. The molecule has 1 aliphatic rings. The van der Waals surface area contributed by atoms with Crippen LogP contribution in [0.5, 0.6) is 0 Å². The van der Waals surface area contributed by atoms with Crippen LogP contribution < -0.4 is 10.2 Å². The summed E-state index contributed by atoms with van der Waals surface area (Å²) in [5.74, 6) is -0.0747. The number of carbonyl (C=O) groups is 2. The zero-order valence-electron chi connectivity index (χ0n) is 14.6. The lowest BCUT2D eigenvalue weighted by Crippen LogP contribution is -2.30. The summed E-state index contributed by atoms with van der Waals surface area (Å²) >= 11 is 0. The van der Waals surface area contributed by atoms with E-state index in [0.717, 1.165) is 35.3 Å². The van der Waals surface area contributed by atoms with Crippen LogP contribution in [0.25, 0.3) is 0 Å². The van der Waals surface area contributed by atoms with Gasteiger partial charge in [-0.2, -0.15) is 0 Å². The first kappa shape index (κ1) is 16.9. The number of rotatable bonds is 3. The van der Waals surface area contributed by atoms with Gasteiger partial charge >= 0.3 is 6.09 Å². The highest BCUT2D eigenvalue weighted by atomic mass is 16.4. The molecule has 136 valence electrons. The average Bonchev–Trinajstić information content (AvgIpc) is 3.08. The van der Waals surface area contributed by atoms with Crippen molar-refractivity contribution >= 4 is 29.1 Å². The number of anilines is 3. The summed E-state index contributed by atoms with van der Waals surface area (Å²) in [6.07, 6.45) is 4.18. The van der Waals surface area contributed by atoms with E-state index in [4.69, 9.17) is 5.11 Å². The number of nitrogens with zero attached hydrogens (tertiary/aromatic N) is 2. The Hall–Kier alpha value is -3.54. The van der Waals surface area contributed by atoms with Gasteiger partial charge < -0.3 is 9.67 Å². The summed E-state index contributed by atoms with van der Waals surface area (Å²) in [4.78, 5) is 26.0. The Morgan fingerprint density at radius 1 is 0.926 bits per heavy atom. The van der Waals surface area contributed by atoms with E-state index in [0.29, 0.717) is 5.69 Å². The summed E-state index contributed by atoms with van der Waals surface area (Å²) in [6.45, 7) is 0.206. The quantitative estimate of drug-likeness (QED) is 0.739. The molecular formula is C21H19N3O3. The van der Waals surface area contributed by atoms with Crippen molar-refractivity contribution in [2.24, 2.45) is 0 Å². The van der Waals surface area contributed by atoms with Crippen LogP contribution >= 0.6 is 0 Å². The first-order valence-corrected chi connectivity index (χ1v) is 8.76. The SMILES string of the molecule is O=C(O)Nc1ccc2c(c1)N(C(=O)Cn1cccc1)c1ccccc1CC2. The highest BCUT2D eigenvalue weighted by Crippen LogP contribution is 2.37. The molecule has 0 fully saturated rings. The Labute approximate surface area is 156 Å². The Morgan fingerprint density at radius 2 is 1.63 bits per heavy atom. The minimum Gasteiger partial charge on any atom is -0.465 e. The first-order valence-electron chi connectivity index (χ1n) is 8.76. The summed E-state index contributed by atoms with van der Waals surface area (Å²) in [5, 5.41) is 11.4. The number of hydrogen-bond acceptors (Lipinski definition) is 2. The third-order valence-electron chi connectivity index (χ3n) is 4.71. The van der Waals surface area contributed by atoms with E-state index in [9.17, 15) is 9.59 Å². The third kappa shape index (κ3) is 3.42. The van der Waals surface area contributed by atoms with Crippen LogP contribution in [0.4, 0.5) is 21.9 Å². The summed E-state index contributed by atoms with van der Waals surface area (Å²) in [5.41, 5.74) is 4.13. The van der Waals surface area contributed by atoms with Gasteiger partial charge in [0.25, 0.3) is 5.91 Å². The molecule has 6 heteroatoms. The normalized spacial score (nSPS) is 12.7. The second kappa shape index (κ2) is 6.99. The Morgan fingerprint density at radius 3 is 2.37 bits per heavy atom. The number of para-hydroxylation sites is 1. The highest BCUT2D eigenvalue weighted by molar-refractivity contribution is 6.03. The molecule has 2 aromatic carbocycles. The molecule has 0 saturated carbocycles. The van der Waals surface area contributed by atoms with Gasteiger partial charge in [-0.25, -0.2) is 4.79 Å². The minimum absolute atomic E-state index is 0.0747. The van der Waals surface area contributed by atoms with E-state index >= 15 is 0 Å². The van der Waals surface area contributed by atoms with Crippen molar-refractivity contribution in [1.82, 2.24) is 4.57 Å². The summed E-state index contributed by atoms with van der Waals surface area (Å²) < 4.78 is 1.83. The van der Waals surface area contributed by atoms with Crippen LogP contribution in [-0.2, 0) is 24.2 Å². The molecule has 6 nitrogen and oxygen atoms in total. The highest BCUT2D eigenvalue weighted by Gasteiger charge is 2.26. The predicted octanol–water partition coefficient (Wildman–Crippen LogP) is 4.04. The van der Waals surface area contributed by atoms with Gasteiger partial charge in [0.15, 0.2) is 0 Å². The summed E-state index contributed by atoms with van der Waals surface area (Å²) in [6, 6.07) is 17.0. The molecule has 0 spiro atoms. The fourth-order valence-corrected chi connectivity index (χ4v) is 3.50. The molecule has 0 radical (unpaired) electrons. The van der Waals surface area contributed by atoms with Crippen molar-refractivity contribution in [3.05, 3.63) is 78.1 Å². The van der Waals surface area contributed by atoms with Crippen LogP contribution in [0, 0.1) is 0 Å². The number of nitrogens with one attached hydrogen (secondary N) is 1. The maximum Gasteiger partial charge on any atom is 0.409 e. The minimum atomic E-state index is -1.13. The molecule has 0 aliphatic carbocycles. The van der Waals surface area contributed by atoms with Gasteiger partial charge in [-0.15, -0.1) is 0 Å². The van der Waals surface area contributed by atoms with Gasteiger partial charge in [0.1, 0.15) is 6.54 Å². The zero-order valence-corrected chi connectivity index (χ0v) is 14.6. The van der Waals surface area contributed by atoms with E-state index in [1.807, 2.05) is 59.4 Å². The van der Waals surface area contributed by atoms with E-state index in [1.54, 1.807) is 17.0 Å². The number of amides is 2. The van der Waals surface area contributed by atoms with Crippen LogP contribution in [0.1, 0.15) is 11.1 Å². The molecule has 1 aromatic heterocycles. The Kier molecular flexibility index (Phi) is 4.38. The Bertz CT molecular complexity index is 996. The van der Waals surface area contributed by atoms with Crippen molar-refractivity contribution in [3.8, 4) is 0 Å². The van der Waals surface area contributed by atoms with Crippen molar-refractivity contribution < 1.29 is 14.7 Å². The summed E-state index contributed by atoms with van der Waals surface area (Å²) in [7, 11) is 0. The largest absolute Gasteiger partial charge is 0.465 e. The smallest absolute Gasteiger partial charge is 0.409 e. The molecule has 0 unspecified atom stereocenters. The van der Waals surface area contributed by atoms with Crippen molar-refractivity contribution in [2.45, 2.75) is 19.4 Å². The Balaban J connectivity index is 1.81. The second-order valence-electron chi connectivity index (χ2n) is 6.49. The number of benzene rings is 2. The number of carboxylic acid groups (broad SMARTS) is 1. The number of carbonyl (C=O) groups excluding carboxylic acids is 1. The third-order valence-corrected chi connectivity index (χ3v) is 4.71.